The number of aromatic nitrogens is 1. The summed E-state index contributed by atoms with van der Waals surface area (Å²) in [4.78, 5) is 22.7. The summed E-state index contributed by atoms with van der Waals surface area (Å²) in [7, 11) is -3.44. The van der Waals surface area contributed by atoms with Gasteiger partial charge in [-0.25, -0.2) is 13.4 Å². The number of thioether (sulfide) groups is 1. The highest BCUT2D eigenvalue weighted by Crippen LogP contribution is 2.32. The molecule has 0 N–H and O–H groups in total. The topological polar surface area (TPSA) is 70.6 Å². The Labute approximate surface area is 184 Å². The lowest BCUT2D eigenvalue weighted by atomic mass is 10.3. The van der Waals surface area contributed by atoms with Crippen LogP contribution in [-0.2, 0) is 14.6 Å². The quantitative estimate of drug-likeness (QED) is 0.523. The van der Waals surface area contributed by atoms with Crippen LogP contribution in [0.4, 0.5) is 5.13 Å². The lowest BCUT2D eigenvalue weighted by Crippen LogP contribution is -2.49. The summed E-state index contributed by atoms with van der Waals surface area (Å²) in [6, 6.07) is 14.6. The van der Waals surface area contributed by atoms with Gasteiger partial charge >= 0.3 is 0 Å². The van der Waals surface area contributed by atoms with Crippen LogP contribution in [-0.4, -0.2) is 62.4 Å². The van der Waals surface area contributed by atoms with Gasteiger partial charge in [0.05, 0.1) is 20.9 Å². The van der Waals surface area contributed by atoms with Gasteiger partial charge in [0.25, 0.3) is 0 Å². The minimum atomic E-state index is -3.44. The number of hydrogen-bond acceptors (Lipinski definition) is 7. The fourth-order valence-corrected chi connectivity index (χ4v) is 6.25. The second-order valence-corrected chi connectivity index (χ2v) is 11.1. The number of benzene rings is 2. The minimum absolute atomic E-state index is 0.00975. The molecule has 1 aromatic heterocycles. The molecule has 6 nitrogen and oxygen atoms in total. The molecular weight excluding hydrogens is 438 g/mol. The van der Waals surface area contributed by atoms with Gasteiger partial charge in [0.2, 0.25) is 5.91 Å². The van der Waals surface area contributed by atoms with Crippen LogP contribution in [0, 0.1) is 0 Å². The van der Waals surface area contributed by atoms with E-state index < -0.39 is 9.84 Å². The van der Waals surface area contributed by atoms with E-state index in [1.165, 1.54) is 9.60 Å². The number of piperazine rings is 1. The molecule has 1 fully saturated rings. The number of hydrogen-bond donors (Lipinski definition) is 0. The molecule has 158 valence electrons. The van der Waals surface area contributed by atoms with Crippen LogP contribution in [0.25, 0.3) is 10.2 Å². The number of carbonyl (C=O) groups excluding carboxylic acids is 1. The highest BCUT2D eigenvalue weighted by Gasteiger charge is 2.25. The van der Waals surface area contributed by atoms with E-state index in [2.05, 4.69) is 23.3 Å². The van der Waals surface area contributed by atoms with E-state index in [9.17, 15) is 13.2 Å². The van der Waals surface area contributed by atoms with Crippen molar-refractivity contribution in [1.29, 1.82) is 0 Å². The first kappa shape index (κ1) is 21.1. The summed E-state index contributed by atoms with van der Waals surface area (Å²) in [5.41, 5.74) is 0.998. The molecule has 1 amide bonds. The molecular formula is C21H23N3O3S3. The number of amides is 1. The SMILES string of the molecule is CSc1ccc2nc(N3CCN(C(=O)CCS(=O)(=O)c4ccccc4)CC3)sc2c1. The van der Waals surface area contributed by atoms with Crippen molar-refractivity contribution in [3.63, 3.8) is 0 Å². The van der Waals surface area contributed by atoms with Crippen molar-refractivity contribution in [2.75, 3.05) is 43.1 Å². The monoisotopic (exact) mass is 461 g/mol. The van der Waals surface area contributed by atoms with E-state index in [0.29, 0.717) is 26.2 Å². The first-order valence-corrected chi connectivity index (χ1v) is 13.4. The fraction of sp³-hybridized carbons (Fsp3) is 0.333. The average Bonchev–Trinajstić information content (AvgIpc) is 3.21. The maximum atomic E-state index is 12.6. The summed E-state index contributed by atoms with van der Waals surface area (Å²) >= 11 is 3.39. The van der Waals surface area contributed by atoms with Crippen LogP contribution in [0.15, 0.2) is 58.3 Å². The Morgan fingerprint density at radius 2 is 1.83 bits per heavy atom. The molecule has 1 saturated heterocycles. The van der Waals surface area contributed by atoms with Crippen LogP contribution in [0.2, 0.25) is 0 Å². The molecule has 0 bridgehead atoms. The Kier molecular flexibility index (Phi) is 6.31. The molecule has 0 saturated carbocycles. The lowest BCUT2D eigenvalue weighted by Gasteiger charge is -2.34. The number of sulfone groups is 1. The van der Waals surface area contributed by atoms with Crippen LogP contribution in [0.3, 0.4) is 0 Å². The summed E-state index contributed by atoms with van der Waals surface area (Å²) < 4.78 is 26.0. The number of anilines is 1. The van der Waals surface area contributed by atoms with Crippen LogP contribution >= 0.6 is 23.1 Å². The Balaban J connectivity index is 1.33. The zero-order valence-corrected chi connectivity index (χ0v) is 19.1. The molecule has 4 rings (SSSR count). The fourth-order valence-electron chi connectivity index (χ4n) is 3.43. The Morgan fingerprint density at radius 3 is 2.53 bits per heavy atom. The second-order valence-electron chi connectivity index (χ2n) is 7.08. The number of fused-ring (bicyclic) bond motifs is 1. The van der Waals surface area contributed by atoms with Gasteiger partial charge in [0.15, 0.2) is 15.0 Å². The van der Waals surface area contributed by atoms with E-state index in [4.69, 9.17) is 4.98 Å². The van der Waals surface area contributed by atoms with Crippen LogP contribution in [0.1, 0.15) is 6.42 Å². The number of nitrogens with zero attached hydrogens (tertiary/aromatic N) is 3. The van der Waals surface area contributed by atoms with Gasteiger partial charge in [-0.15, -0.1) is 11.8 Å². The van der Waals surface area contributed by atoms with Crippen LogP contribution < -0.4 is 4.90 Å². The Bertz CT molecular complexity index is 1140. The predicted octanol–water partition coefficient (Wildman–Crippen LogP) is 3.53. The second kappa shape index (κ2) is 8.95. The Hall–Kier alpha value is -2.10. The van der Waals surface area contributed by atoms with E-state index in [0.717, 1.165) is 10.6 Å². The third-order valence-corrected chi connectivity index (χ3v) is 8.71. The van der Waals surface area contributed by atoms with Gasteiger partial charge < -0.3 is 9.80 Å². The standard InChI is InChI=1S/C21H23N3O3S3/c1-28-16-7-8-18-19(15-16)29-21(22-18)24-12-10-23(11-13-24)20(25)9-14-30(26,27)17-5-3-2-4-6-17/h2-8,15H,9-14H2,1H3. The van der Waals surface area contributed by atoms with E-state index >= 15 is 0 Å². The van der Waals surface area contributed by atoms with Crippen molar-refractivity contribution in [3.05, 3.63) is 48.5 Å². The highest BCUT2D eigenvalue weighted by molar-refractivity contribution is 7.98. The largest absolute Gasteiger partial charge is 0.345 e. The van der Waals surface area contributed by atoms with Crippen molar-refractivity contribution in [1.82, 2.24) is 9.88 Å². The molecule has 30 heavy (non-hydrogen) atoms. The van der Waals surface area contributed by atoms with E-state index in [1.807, 2.05) is 6.07 Å². The molecule has 0 atom stereocenters. The summed E-state index contributed by atoms with van der Waals surface area (Å²) in [5, 5.41) is 0.974. The maximum Gasteiger partial charge on any atom is 0.223 e. The van der Waals surface area contributed by atoms with Crippen molar-refractivity contribution in [2.24, 2.45) is 0 Å². The van der Waals surface area contributed by atoms with Crippen molar-refractivity contribution >= 4 is 54.2 Å². The van der Waals surface area contributed by atoms with E-state index in [-0.39, 0.29) is 23.0 Å². The molecule has 0 unspecified atom stereocenters. The third kappa shape index (κ3) is 4.63. The lowest BCUT2D eigenvalue weighted by molar-refractivity contribution is -0.131. The summed E-state index contributed by atoms with van der Waals surface area (Å²) in [5.74, 6) is -0.269. The highest BCUT2D eigenvalue weighted by atomic mass is 32.2. The number of thiazole rings is 1. The zero-order chi connectivity index (χ0) is 21.1. The Morgan fingerprint density at radius 1 is 1.10 bits per heavy atom. The molecule has 0 aliphatic carbocycles. The van der Waals surface area contributed by atoms with Gasteiger partial charge in [-0.05, 0) is 36.6 Å². The number of carbonyl (C=O) groups is 1. The van der Waals surface area contributed by atoms with Gasteiger partial charge in [-0.3, -0.25) is 4.79 Å². The van der Waals surface area contributed by atoms with Gasteiger partial charge in [0, 0.05) is 37.5 Å². The van der Waals surface area contributed by atoms with Gasteiger partial charge in [-0.1, -0.05) is 29.5 Å². The molecule has 1 aliphatic heterocycles. The van der Waals surface area contributed by atoms with Crippen LogP contribution in [0.5, 0.6) is 0 Å². The first-order chi connectivity index (χ1) is 14.5. The predicted molar refractivity (Wildman–Crippen MR) is 123 cm³/mol. The first-order valence-electron chi connectivity index (χ1n) is 9.71. The van der Waals surface area contributed by atoms with Crippen molar-refractivity contribution in [2.45, 2.75) is 16.2 Å². The normalized spacial score (nSPS) is 15.0. The minimum Gasteiger partial charge on any atom is -0.345 e. The molecule has 2 aromatic carbocycles. The van der Waals surface area contributed by atoms with Crippen molar-refractivity contribution < 1.29 is 13.2 Å². The summed E-state index contributed by atoms with van der Waals surface area (Å²) in [6.45, 7) is 2.56. The third-order valence-electron chi connectivity index (χ3n) is 5.17. The smallest absolute Gasteiger partial charge is 0.223 e. The molecule has 3 aromatic rings. The van der Waals surface area contributed by atoms with Crippen molar-refractivity contribution in [3.8, 4) is 0 Å². The summed E-state index contributed by atoms with van der Waals surface area (Å²) in [6.07, 6.45) is 2.07. The molecule has 0 spiro atoms. The molecule has 9 heteroatoms. The molecule has 0 radical (unpaired) electrons. The molecule has 1 aliphatic rings. The average molecular weight is 462 g/mol. The van der Waals surface area contributed by atoms with Gasteiger partial charge in [-0.2, -0.15) is 0 Å². The zero-order valence-electron chi connectivity index (χ0n) is 16.7. The maximum absolute atomic E-state index is 12.6. The van der Waals surface area contributed by atoms with Gasteiger partial charge in [0.1, 0.15) is 0 Å². The molecule has 2 heterocycles. The van der Waals surface area contributed by atoms with E-state index in [1.54, 1.807) is 58.3 Å². The number of rotatable bonds is 6.